The predicted molar refractivity (Wildman–Crippen MR) is 83.6 cm³/mol. The minimum atomic E-state index is -0.461. The Hall–Kier alpha value is -1.75. The average Bonchev–Trinajstić information content (AvgIpc) is 2.37. The zero-order valence-electron chi connectivity index (χ0n) is 13.4. The van der Waals surface area contributed by atoms with E-state index in [1.54, 1.807) is 0 Å². The van der Waals surface area contributed by atoms with Crippen molar-refractivity contribution in [2.75, 3.05) is 19.7 Å². The molecule has 1 amide bonds. The average molecular weight is 294 g/mol. The quantitative estimate of drug-likeness (QED) is 0.759. The number of carbonyl (C=O) groups is 1. The Morgan fingerprint density at radius 3 is 2.67 bits per heavy atom. The Morgan fingerprint density at radius 2 is 2.00 bits per heavy atom. The lowest BCUT2D eigenvalue weighted by Crippen LogP contribution is -2.36. The lowest BCUT2D eigenvalue weighted by atomic mass is 10.2. The van der Waals surface area contributed by atoms with E-state index in [0.29, 0.717) is 19.7 Å². The van der Waals surface area contributed by atoms with Gasteiger partial charge in [0.15, 0.2) is 0 Å². The van der Waals surface area contributed by atoms with Gasteiger partial charge in [0, 0.05) is 19.6 Å². The highest BCUT2D eigenvalue weighted by Gasteiger charge is 2.15. The van der Waals surface area contributed by atoms with Gasteiger partial charge < -0.3 is 20.1 Å². The summed E-state index contributed by atoms with van der Waals surface area (Å²) in [4.78, 5) is 11.4. The minimum Gasteiger partial charge on any atom is -0.494 e. The van der Waals surface area contributed by atoms with E-state index in [0.717, 1.165) is 17.9 Å². The maximum Gasteiger partial charge on any atom is 0.407 e. The lowest BCUT2D eigenvalue weighted by molar-refractivity contribution is 0.0528. The molecule has 5 heteroatoms. The van der Waals surface area contributed by atoms with Crippen molar-refractivity contribution < 1.29 is 14.3 Å². The summed E-state index contributed by atoms with van der Waals surface area (Å²) in [7, 11) is 0. The van der Waals surface area contributed by atoms with Gasteiger partial charge in [-0.3, -0.25) is 0 Å². The van der Waals surface area contributed by atoms with Crippen LogP contribution >= 0.6 is 0 Å². The second-order valence-electron chi connectivity index (χ2n) is 5.69. The molecule has 0 atom stereocenters. The maximum atomic E-state index is 11.4. The van der Waals surface area contributed by atoms with Gasteiger partial charge in [-0.15, -0.1) is 0 Å². The topological polar surface area (TPSA) is 59.6 Å². The van der Waals surface area contributed by atoms with Crippen molar-refractivity contribution in [3.63, 3.8) is 0 Å². The summed E-state index contributed by atoms with van der Waals surface area (Å²) >= 11 is 0. The molecule has 0 aliphatic carbocycles. The summed E-state index contributed by atoms with van der Waals surface area (Å²) in [6.07, 6.45) is -0.386. The molecule has 2 N–H and O–H groups in total. The number of benzene rings is 1. The second-order valence-corrected chi connectivity index (χ2v) is 5.69. The van der Waals surface area contributed by atoms with E-state index < -0.39 is 5.60 Å². The molecular weight excluding hydrogens is 268 g/mol. The van der Waals surface area contributed by atoms with Crippen molar-refractivity contribution in [3.05, 3.63) is 29.8 Å². The molecule has 0 aromatic heterocycles. The summed E-state index contributed by atoms with van der Waals surface area (Å²) in [5, 5.41) is 5.97. The number of rotatable bonds is 7. The molecule has 0 unspecified atom stereocenters. The Morgan fingerprint density at radius 1 is 1.24 bits per heavy atom. The van der Waals surface area contributed by atoms with Crippen LogP contribution in [0, 0.1) is 0 Å². The maximum absolute atomic E-state index is 11.4. The van der Waals surface area contributed by atoms with E-state index in [9.17, 15) is 4.79 Å². The Labute approximate surface area is 127 Å². The van der Waals surface area contributed by atoms with Crippen LogP contribution in [0.1, 0.15) is 33.3 Å². The van der Waals surface area contributed by atoms with Crippen molar-refractivity contribution in [2.45, 2.75) is 39.8 Å². The first-order chi connectivity index (χ1) is 9.90. The highest BCUT2D eigenvalue weighted by molar-refractivity contribution is 5.67. The zero-order chi connectivity index (χ0) is 15.7. The van der Waals surface area contributed by atoms with E-state index >= 15 is 0 Å². The third kappa shape index (κ3) is 8.19. The molecule has 0 spiro atoms. The highest BCUT2D eigenvalue weighted by Crippen LogP contribution is 2.12. The molecule has 0 bridgehead atoms. The van der Waals surface area contributed by atoms with Crippen LogP contribution in [0.2, 0.25) is 0 Å². The summed E-state index contributed by atoms with van der Waals surface area (Å²) in [6, 6.07) is 7.96. The molecule has 5 nitrogen and oxygen atoms in total. The number of ether oxygens (including phenoxy) is 2. The van der Waals surface area contributed by atoms with Crippen LogP contribution in [0.25, 0.3) is 0 Å². The first-order valence-electron chi connectivity index (χ1n) is 7.30. The normalized spacial score (nSPS) is 11.0. The summed E-state index contributed by atoms with van der Waals surface area (Å²) in [6.45, 7) is 10.1. The lowest BCUT2D eigenvalue weighted by Gasteiger charge is -2.19. The number of alkyl carbamates (subject to hydrolysis) is 1. The van der Waals surface area contributed by atoms with Crippen LogP contribution in [0.4, 0.5) is 4.79 Å². The van der Waals surface area contributed by atoms with Gasteiger partial charge in [-0.2, -0.15) is 0 Å². The Balaban J connectivity index is 2.19. The Kier molecular flexibility index (Phi) is 7.02. The number of amides is 1. The van der Waals surface area contributed by atoms with Crippen LogP contribution in [-0.2, 0) is 11.3 Å². The molecule has 1 aromatic rings. The van der Waals surface area contributed by atoms with Gasteiger partial charge in [0.05, 0.1) is 6.61 Å². The smallest absolute Gasteiger partial charge is 0.407 e. The van der Waals surface area contributed by atoms with Gasteiger partial charge >= 0.3 is 6.09 Å². The molecule has 1 aromatic carbocycles. The molecule has 0 heterocycles. The van der Waals surface area contributed by atoms with E-state index in [4.69, 9.17) is 9.47 Å². The number of nitrogens with one attached hydrogen (secondary N) is 2. The number of carbonyl (C=O) groups excluding carboxylic acids is 1. The molecular formula is C16H26N2O3. The fourth-order valence-corrected chi connectivity index (χ4v) is 1.71. The summed E-state index contributed by atoms with van der Waals surface area (Å²) in [5.41, 5.74) is 0.690. The standard InChI is InChI=1S/C16H26N2O3/c1-5-20-14-8-6-7-13(11-14)12-17-9-10-18-15(19)21-16(2,3)4/h6-8,11,17H,5,9-10,12H2,1-4H3,(H,18,19). The monoisotopic (exact) mass is 294 g/mol. The fraction of sp³-hybridized carbons (Fsp3) is 0.562. The summed E-state index contributed by atoms with van der Waals surface area (Å²) < 4.78 is 10.6. The van der Waals surface area contributed by atoms with Crippen LogP contribution in [-0.4, -0.2) is 31.4 Å². The molecule has 0 saturated heterocycles. The van der Waals surface area contributed by atoms with Gasteiger partial charge in [-0.1, -0.05) is 12.1 Å². The van der Waals surface area contributed by atoms with Crippen LogP contribution in [0.5, 0.6) is 5.75 Å². The van der Waals surface area contributed by atoms with Gasteiger partial charge in [0.1, 0.15) is 11.4 Å². The van der Waals surface area contributed by atoms with Gasteiger partial charge in [-0.05, 0) is 45.4 Å². The fourth-order valence-electron chi connectivity index (χ4n) is 1.71. The van der Waals surface area contributed by atoms with Crippen molar-refractivity contribution in [2.24, 2.45) is 0 Å². The number of hydrogen-bond donors (Lipinski definition) is 2. The number of hydrogen-bond acceptors (Lipinski definition) is 4. The van der Waals surface area contributed by atoms with Crippen LogP contribution < -0.4 is 15.4 Å². The third-order valence-corrected chi connectivity index (χ3v) is 2.51. The molecule has 0 aliphatic heterocycles. The van der Waals surface area contributed by atoms with E-state index in [-0.39, 0.29) is 6.09 Å². The SMILES string of the molecule is CCOc1cccc(CNCCNC(=O)OC(C)(C)C)c1. The molecule has 0 aliphatic rings. The molecule has 118 valence electrons. The Bertz CT molecular complexity index is 441. The molecule has 0 radical (unpaired) electrons. The largest absolute Gasteiger partial charge is 0.494 e. The molecule has 21 heavy (non-hydrogen) atoms. The summed E-state index contributed by atoms with van der Waals surface area (Å²) in [5.74, 6) is 0.878. The van der Waals surface area contributed by atoms with Crippen LogP contribution in [0.15, 0.2) is 24.3 Å². The van der Waals surface area contributed by atoms with E-state index in [1.165, 1.54) is 0 Å². The molecule has 0 fully saturated rings. The first-order valence-corrected chi connectivity index (χ1v) is 7.30. The van der Waals surface area contributed by atoms with Crippen molar-refractivity contribution in [3.8, 4) is 5.75 Å². The van der Waals surface area contributed by atoms with E-state index in [2.05, 4.69) is 10.6 Å². The zero-order valence-corrected chi connectivity index (χ0v) is 13.4. The van der Waals surface area contributed by atoms with Crippen molar-refractivity contribution in [1.82, 2.24) is 10.6 Å². The predicted octanol–water partition coefficient (Wildman–Crippen LogP) is 2.70. The van der Waals surface area contributed by atoms with Gasteiger partial charge in [0.25, 0.3) is 0 Å². The van der Waals surface area contributed by atoms with Gasteiger partial charge in [0.2, 0.25) is 0 Å². The van der Waals surface area contributed by atoms with Crippen LogP contribution in [0.3, 0.4) is 0 Å². The first kappa shape index (κ1) is 17.3. The minimum absolute atomic E-state index is 0.386. The third-order valence-electron chi connectivity index (χ3n) is 2.51. The van der Waals surface area contributed by atoms with Crippen molar-refractivity contribution in [1.29, 1.82) is 0 Å². The van der Waals surface area contributed by atoms with Crippen molar-refractivity contribution >= 4 is 6.09 Å². The molecule has 1 rings (SSSR count). The van der Waals surface area contributed by atoms with E-state index in [1.807, 2.05) is 52.0 Å². The second kappa shape index (κ2) is 8.52. The van der Waals surface area contributed by atoms with Gasteiger partial charge in [-0.25, -0.2) is 4.79 Å². The molecule has 0 saturated carbocycles. The highest BCUT2D eigenvalue weighted by atomic mass is 16.6.